The molecule has 2 heterocycles. The van der Waals surface area contributed by atoms with Crippen LogP contribution in [0.2, 0.25) is 0 Å². The number of nitrogens with zero attached hydrogens (tertiary/aromatic N) is 1. The number of hydrogen-bond acceptors (Lipinski definition) is 3. The van der Waals surface area contributed by atoms with Gasteiger partial charge in [0.15, 0.2) is 0 Å². The van der Waals surface area contributed by atoms with Crippen LogP contribution in [0.25, 0.3) is 0 Å². The molecule has 2 bridgehead atoms. The van der Waals surface area contributed by atoms with Crippen molar-refractivity contribution >= 4 is 30.1 Å². The Morgan fingerprint density at radius 3 is 2.75 bits per heavy atom. The number of rotatable bonds is 3. The van der Waals surface area contributed by atoms with Crippen LogP contribution in [-0.4, -0.2) is 41.7 Å². The Hall–Kier alpha value is -0.710. The van der Waals surface area contributed by atoms with Crippen LogP contribution in [0.15, 0.2) is 35.2 Å². The molecule has 0 aliphatic carbocycles. The molecule has 2 aliphatic rings. The Morgan fingerprint density at radius 1 is 1.20 bits per heavy atom. The van der Waals surface area contributed by atoms with Gasteiger partial charge in [0.05, 0.1) is 5.75 Å². The van der Waals surface area contributed by atoms with Gasteiger partial charge in [-0.15, -0.1) is 24.2 Å². The Bertz CT molecular complexity index is 429. The van der Waals surface area contributed by atoms with E-state index in [0.29, 0.717) is 23.7 Å². The zero-order valence-electron chi connectivity index (χ0n) is 11.5. The number of amides is 1. The third kappa shape index (κ3) is 3.48. The maximum absolute atomic E-state index is 12.5. The minimum absolute atomic E-state index is 0. The molecule has 3 rings (SSSR count). The fraction of sp³-hybridized carbons (Fsp3) is 0.533. The quantitative estimate of drug-likeness (QED) is 0.871. The average molecular weight is 313 g/mol. The lowest BCUT2D eigenvalue weighted by molar-refractivity contribution is -0.130. The van der Waals surface area contributed by atoms with Crippen molar-refractivity contribution in [2.45, 2.75) is 36.2 Å². The number of benzene rings is 1. The molecule has 2 saturated heterocycles. The van der Waals surface area contributed by atoms with Gasteiger partial charge in [-0.05, 0) is 37.9 Å². The van der Waals surface area contributed by atoms with Gasteiger partial charge in [0.25, 0.3) is 0 Å². The SMILES string of the molecule is Cl.O=C(CSc1ccccc1)N1C2CCNCC1CC2. The first-order valence-corrected chi connectivity index (χ1v) is 8.03. The molecule has 110 valence electrons. The molecule has 0 radical (unpaired) electrons. The first kappa shape index (κ1) is 15.7. The topological polar surface area (TPSA) is 32.3 Å². The molecule has 2 unspecified atom stereocenters. The highest BCUT2D eigenvalue weighted by molar-refractivity contribution is 8.00. The molecule has 0 aromatic heterocycles. The maximum Gasteiger partial charge on any atom is 0.233 e. The van der Waals surface area contributed by atoms with Crippen LogP contribution >= 0.6 is 24.2 Å². The van der Waals surface area contributed by atoms with Gasteiger partial charge in [-0.3, -0.25) is 4.79 Å². The summed E-state index contributed by atoms with van der Waals surface area (Å²) in [5.74, 6) is 0.877. The minimum Gasteiger partial charge on any atom is -0.335 e. The van der Waals surface area contributed by atoms with E-state index in [1.165, 1.54) is 17.7 Å². The lowest BCUT2D eigenvalue weighted by Gasteiger charge is -2.27. The van der Waals surface area contributed by atoms with E-state index in [4.69, 9.17) is 0 Å². The lowest BCUT2D eigenvalue weighted by Crippen LogP contribution is -2.43. The summed E-state index contributed by atoms with van der Waals surface area (Å²) in [4.78, 5) is 15.8. The summed E-state index contributed by atoms with van der Waals surface area (Å²) in [6, 6.07) is 11.1. The van der Waals surface area contributed by atoms with E-state index in [2.05, 4.69) is 22.3 Å². The molecule has 1 N–H and O–H groups in total. The first-order valence-electron chi connectivity index (χ1n) is 7.04. The van der Waals surface area contributed by atoms with Crippen molar-refractivity contribution in [3.05, 3.63) is 30.3 Å². The van der Waals surface area contributed by atoms with Crippen LogP contribution in [0.4, 0.5) is 0 Å². The number of nitrogens with one attached hydrogen (secondary N) is 1. The standard InChI is InChI=1S/C15H20N2OS.ClH/c18-15(11-19-14-4-2-1-3-5-14)17-12-6-7-13(17)10-16-9-8-12;/h1-5,12-13,16H,6-11H2;1H. The number of hydrogen-bond donors (Lipinski definition) is 1. The number of thioether (sulfide) groups is 1. The summed E-state index contributed by atoms with van der Waals surface area (Å²) in [6.45, 7) is 2.02. The molecule has 20 heavy (non-hydrogen) atoms. The summed E-state index contributed by atoms with van der Waals surface area (Å²) in [5, 5.41) is 3.44. The molecule has 3 nitrogen and oxygen atoms in total. The summed E-state index contributed by atoms with van der Waals surface area (Å²) < 4.78 is 0. The number of carbonyl (C=O) groups is 1. The van der Waals surface area contributed by atoms with Gasteiger partial charge in [0, 0.05) is 23.5 Å². The van der Waals surface area contributed by atoms with Gasteiger partial charge >= 0.3 is 0 Å². The Labute approximate surface area is 130 Å². The summed E-state index contributed by atoms with van der Waals surface area (Å²) in [7, 11) is 0. The highest BCUT2D eigenvalue weighted by atomic mass is 35.5. The van der Waals surface area contributed by atoms with Crippen molar-refractivity contribution in [3.8, 4) is 0 Å². The van der Waals surface area contributed by atoms with Crippen LogP contribution in [0, 0.1) is 0 Å². The molecule has 0 spiro atoms. The highest BCUT2D eigenvalue weighted by Crippen LogP contribution is 2.29. The third-order valence-electron chi connectivity index (χ3n) is 4.05. The molecule has 0 saturated carbocycles. The first-order chi connectivity index (χ1) is 9.34. The van der Waals surface area contributed by atoms with Crippen LogP contribution < -0.4 is 5.32 Å². The molecule has 2 atom stereocenters. The van der Waals surface area contributed by atoms with Crippen molar-refractivity contribution < 1.29 is 4.79 Å². The van der Waals surface area contributed by atoms with Gasteiger partial charge < -0.3 is 10.2 Å². The van der Waals surface area contributed by atoms with Gasteiger partial charge in [-0.2, -0.15) is 0 Å². The van der Waals surface area contributed by atoms with Crippen molar-refractivity contribution in [1.29, 1.82) is 0 Å². The zero-order valence-corrected chi connectivity index (χ0v) is 13.1. The molecule has 1 aromatic carbocycles. The molecule has 2 aliphatic heterocycles. The van der Waals surface area contributed by atoms with Gasteiger partial charge in [-0.25, -0.2) is 0 Å². The van der Waals surface area contributed by atoms with E-state index in [9.17, 15) is 4.79 Å². The maximum atomic E-state index is 12.5. The van der Waals surface area contributed by atoms with E-state index in [0.717, 1.165) is 19.5 Å². The van der Waals surface area contributed by atoms with E-state index in [1.54, 1.807) is 11.8 Å². The van der Waals surface area contributed by atoms with Crippen LogP contribution in [0.5, 0.6) is 0 Å². The second-order valence-corrected chi connectivity index (χ2v) is 6.33. The summed E-state index contributed by atoms with van der Waals surface area (Å²) in [6.07, 6.45) is 3.46. The smallest absolute Gasteiger partial charge is 0.233 e. The number of halogens is 1. The fourth-order valence-electron chi connectivity index (χ4n) is 3.13. The number of fused-ring (bicyclic) bond motifs is 2. The van der Waals surface area contributed by atoms with Crippen molar-refractivity contribution in [2.75, 3.05) is 18.8 Å². The van der Waals surface area contributed by atoms with Crippen molar-refractivity contribution in [1.82, 2.24) is 10.2 Å². The largest absolute Gasteiger partial charge is 0.335 e. The van der Waals surface area contributed by atoms with Gasteiger partial charge in [0.2, 0.25) is 5.91 Å². The lowest BCUT2D eigenvalue weighted by atomic mass is 10.1. The monoisotopic (exact) mass is 312 g/mol. The van der Waals surface area contributed by atoms with Crippen LogP contribution in [0.1, 0.15) is 19.3 Å². The predicted molar refractivity (Wildman–Crippen MR) is 85.6 cm³/mol. The van der Waals surface area contributed by atoms with Crippen molar-refractivity contribution in [2.24, 2.45) is 0 Å². The molecule has 2 fully saturated rings. The Kier molecular flexibility index (Phi) is 5.75. The molecular formula is C15H21ClN2OS. The second kappa shape index (κ2) is 7.34. The molecule has 1 aromatic rings. The molecular weight excluding hydrogens is 292 g/mol. The second-order valence-electron chi connectivity index (χ2n) is 5.28. The normalized spacial score (nSPS) is 24.9. The summed E-state index contributed by atoms with van der Waals surface area (Å²) in [5.41, 5.74) is 0. The van der Waals surface area contributed by atoms with E-state index in [1.807, 2.05) is 18.2 Å². The summed E-state index contributed by atoms with van der Waals surface area (Å²) >= 11 is 1.65. The minimum atomic E-state index is 0. The van der Waals surface area contributed by atoms with Crippen LogP contribution in [0.3, 0.4) is 0 Å². The third-order valence-corrected chi connectivity index (χ3v) is 5.04. The number of carbonyl (C=O) groups excluding carboxylic acids is 1. The fourth-order valence-corrected chi connectivity index (χ4v) is 3.91. The van der Waals surface area contributed by atoms with E-state index >= 15 is 0 Å². The molecule has 1 amide bonds. The van der Waals surface area contributed by atoms with Crippen molar-refractivity contribution in [3.63, 3.8) is 0 Å². The van der Waals surface area contributed by atoms with Crippen LogP contribution in [-0.2, 0) is 4.79 Å². The molecule has 5 heteroatoms. The average Bonchev–Trinajstić information content (AvgIpc) is 2.71. The Balaban J connectivity index is 0.00000147. The van der Waals surface area contributed by atoms with Gasteiger partial charge in [-0.1, -0.05) is 18.2 Å². The predicted octanol–water partition coefficient (Wildman–Crippen LogP) is 2.55. The van der Waals surface area contributed by atoms with E-state index in [-0.39, 0.29) is 12.4 Å². The highest BCUT2D eigenvalue weighted by Gasteiger charge is 2.37. The van der Waals surface area contributed by atoms with Gasteiger partial charge in [0.1, 0.15) is 0 Å². The Morgan fingerprint density at radius 2 is 1.95 bits per heavy atom. The van der Waals surface area contributed by atoms with E-state index < -0.39 is 0 Å². The zero-order chi connectivity index (χ0) is 13.1.